The summed E-state index contributed by atoms with van der Waals surface area (Å²) >= 11 is 0. The maximum atomic E-state index is 6.65. The molecular weight excluding hydrogens is 414 g/mol. The molecule has 0 unspecified atom stereocenters. The molecule has 0 radical (unpaired) electrons. The highest BCUT2D eigenvalue weighted by atomic mass is 16.3. The topological polar surface area (TPSA) is 17.0 Å². The van der Waals surface area contributed by atoms with Gasteiger partial charge in [0.15, 0.2) is 6.20 Å². The van der Waals surface area contributed by atoms with Gasteiger partial charge in [-0.3, -0.25) is 0 Å². The van der Waals surface area contributed by atoms with E-state index in [1.54, 1.807) is 0 Å². The summed E-state index contributed by atoms with van der Waals surface area (Å²) in [5.74, 6) is 0. The van der Waals surface area contributed by atoms with Gasteiger partial charge < -0.3 is 4.42 Å². The largest absolute Gasteiger partial charge is 0.449 e. The molecule has 174 valence electrons. The standard InChI is InChI=1S/C32H36NO/c1-20-22-11-9-10-12-23(22)27(32(5,6)7)18-26(20)29-30-25(15-16-33(29)8)24-14-13-21(17-28(24)34-30)19-31(2,3)4/h9-18H,19H2,1-8H3/q+1. The minimum Gasteiger partial charge on any atom is -0.449 e. The molecule has 0 atom stereocenters. The van der Waals surface area contributed by atoms with Crippen molar-refractivity contribution in [1.29, 1.82) is 0 Å². The maximum Gasteiger partial charge on any atom is 0.256 e. The van der Waals surface area contributed by atoms with Gasteiger partial charge in [0.2, 0.25) is 5.58 Å². The van der Waals surface area contributed by atoms with Crippen molar-refractivity contribution in [2.24, 2.45) is 12.5 Å². The Labute approximate surface area is 203 Å². The molecule has 0 spiro atoms. The van der Waals surface area contributed by atoms with E-state index in [0.29, 0.717) is 0 Å². The number of hydrogen-bond acceptors (Lipinski definition) is 1. The van der Waals surface area contributed by atoms with E-state index >= 15 is 0 Å². The lowest BCUT2D eigenvalue weighted by molar-refractivity contribution is -0.659. The zero-order chi connectivity index (χ0) is 24.4. The first-order valence-electron chi connectivity index (χ1n) is 12.3. The number of fused-ring (bicyclic) bond motifs is 4. The molecule has 34 heavy (non-hydrogen) atoms. The normalized spacial score (nSPS) is 12.8. The summed E-state index contributed by atoms with van der Waals surface area (Å²) in [7, 11) is 2.12. The maximum absolute atomic E-state index is 6.65. The average Bonchev–Trinajstić information content (AvgIpc) is 3.10. The molecule has 5 aromatic rings. The highest BCUT2D eigenvalue weighted by Crippen LogP contribution is 2.40. The van der Waals surface area contributed by atoms with Gasteiger partial charge in [-0.1, -0.05) is 77.9 Å². The van der Waals surface area contributed by atoms with Gasteiger partial charge in [-0.25, -0.2) is 0 Å². The number of aryl methyl sites for hydroxylation is 2. The van der Waals surface area contributed by atoms with Gasteiger partial charge >= 0.3 is 0 Å². The van der Waals surface area contributed by atoms with E-state index in [4.69, 9.17) is 4.42 Å². The average molecular weight is 451 g/mol. The number of benzene rings is 3. The van der Waals surface area contributed by atoms with Crippen LogP contribution in [0.1, 0.15) is 58.2 Å². The van der Waals surface area contributed by atoms with Crippen LogP contribution in [0, 0.1) is 12.3 Å². The molecule has 0 N–H and O–H groups in total. The summed E-state index contributed by atoms with van der Waals surface area (Å²) in [4.78, 5) is 0. The fourth-order valence-corrected chi connectivity index (χ4v) is 5.34. The first-order chi connectivity index (χ1) is 15.9. The summed E-state index contributed by atoms with van der Waals surface area (Å²) in [6, 6.07) is 20.1. The van der Waals surface area contributed by atoms with Crippen molar-refractivity contribution in [3.63, 3.8) is 0 Å². The second-order valence-electron chi connectivity index (χ2n) is 12.1. The quantitative estimate of drug-likeness (QED) is 0.247. The van der Waals surface area contributed by atoms with Crippen molar-refractivity contribution in [2.45, 2.75) is 60.3 Å². The summed E-state index contributed by atoms with van der Waals surface area (Å²) in [6.07, 6.45) is 3.19. The van der Waals surface area contributed by atoms with E-state index in [1.807, 2.05) is 0 Å². The lowest BCUT2D eigenvalue weighted by Crippen LogP contribution is -2.30. The molecule has 0 bridgehead atoms. The molecule has 5 rings (SSSR count). The van der Waals surface area contributed by atoms with Gasteiger partial charge in [0.25, 0.3) is 5.69 Å². The highest BCUT2D eigenvalue weighted by molar-refractivity contribution is 6.09. The molecule has 3 aromatic carbocycles. The fraction of sp³-hybridized carbons (Fsp3) is 0.344. The SMILES string of the molecule is Cc1c(-c2c3oc4cc(CC(C)(C)C)ccc4c3cc[n+]2C)cc(C(C)(C)C)c2ccccc12. The van der Waals surface area contributed by atoms with Crippen molar-refractivity contribution in [2.75, 3.05) is 0 Å². The molecule has 2 heteroatoms. The molecule has 0 aliphatic rings. The molecule has 0 saturated carbocycles. The van der Waals surface area contributed by atoms with Gasteiger partial charge in [-0.2, -0.15) is 4.57 Å². The number of furan rings is 1. The van der Waals surface area contributed by atoms with Crippen LogP contribution in [-0.2, 0) is 18.9 Å². The van der Waals surface area contributed by atoms with Crippen LogP contribution in [0.4, 0.5) is 0 Å². The lowest BCUT2D eigenvalue weighted by atomic mass is 9.80. The van der Waals surface area contributed by atoms with E-state index < -0.39 is 0 Å². The zero-order valence-corrected chi connectivity index (χ0v) is 21.8. The molecule has 2 aromatic heterocycles. The molecule has 0 aliphatic heterocycles. The Morgan fingerprint density at radius 3 is 2.18 bits per heavy atom. The van der Waals surface area contributed by atoms with Gasteiger partial charge in [-0.05, 0) is 63.8 Å². The monoisotopic (exact) mass is 450 g/mol. The lowest BCUT2D eigenvalue weighted by Gasteiger charge is -2.23. The van der Waals surface area contributed by atoms with Crippen LogP contribution in [0.15, 0.2) is 65.2 Å². The van der Waals surface area contributed by atoms with Crippen LogP contribution < -0.4 is 4.57 Å². The molecule has 2 nitrogen and oxygen atoms in total. The van der Waals surface area contributed by atoms with Gasteiger partial charge in [0, 0.05) is 16.8 Å². The number of rotatable bonds is 2. The Bertz CT molecular complexity index is 1550. The molecular formula is C32H36NO+. The van der Waals surface area contributed by atoms with Crippen molar-refractivity contribution in [1.82, 2.24) is 0 Å². The number of pyridine rings is 1. The molecule has 2 heterocycles. The second-order valence-corrected chi connectivity index (χ2v) is 12.1. The molecule has 0 aliphatic carbocycles. The van der Waals surface area contributed by atoms with E-state index in [-0.39, 0.29) is 10.8 Å². The van der Waals surface area contributed by atoms with E-state index in [2.05, 4.69) is 121 Å². The Morgan fingerprint density at radius 2 is 1.50 bits per heavy atom. The van der Waals surface area contributed by atoms with Crippen LogP contribution in [0.3, 0.4) is 0 Å². The first kappa shape index (κ1) is 22.7. The third-order valence-electron chi connectivity index (χ3n) is 6.94. The van der Waals surface area contributed by atoms with Gasteiger partial charge in [-0.15, -0.1) is 0 Å². The Hall–Kier alpha value is -3.13. The van der Waals surface area contributed by atoms with Crippen molar-refractivity contribution in [3.8, 4) is 11.3 Å². The van der Waals surface area contributed by atoms with Gasteiger partial charge in [0.1, 0.15) is 12.6 Å². The van der Waals surface area contributed by atoms with E-state index in [9.17, 15) is 0 Å². The predicted molar refractivity (Wildman–Crippen MR) is 144 cm³/mol. The van der Waals surface area contributed by atoms with Crippen LogP contribution >= 0.6 is 0 Å². The Kier molecular flexibility index (Phi) is 5.13. The van der Waals surface area contributed by atoms with Crippen molar-refractivity contribution in [3.05, 3.63) is 77.5 Å². The number of nitrogens with zero attached hydrogens (tertiary/aromatic N) is 1. The summed E-state index contributed by atoms with van der Waals surface area (Å²) in [6.45, 7) is 16.0. The summed E-state index contributed by atoms with van der Waals surface area (Å²) in [5, 5.41) is 5.01. The molecule has 0 saturated heterocycles. The highest BCUT2D eigenvalue weighted by Gasteiger charge is 2.27. The van der Waals surface area contributed by atoms with Crippen LogP contribution in [-0.4, -0.2) is 0 Å². The summed E-state index contributed by atoms with van der Waals surface area (Å²) < 4.78 is 8.86. The zero-order valence-electron chi connectivity index (χ0n) is 21.8. The minimum atomic E-state index is 0.0320. The smallest absolute Gasteiger partial charge is 0.256 e. The van der Waals surface area contributed by atoms with E-state index in [1.165, 1.54) is 43.8 Å². The fourth-order valence-electron chi connectivity index (χ4n) is 5.34. The number of aromatic nitrogens is 1. The Morgan fingerprint density at radius 1 is 0.794 bits per heavy atom. The van der Waals surface area contributed by atoms with Crippen LogP contribution in [0.2, 0.25) is 0 Å². The van der Waals surface area contributed by atoms with Crippen LogP contribution in [0.25, 0.3) is 44.0 Å². The second kappa shape index (κ2) is 7.70. The molecule has 0 fully saturated rings. The van der Waals surface area contributed by atoms with Crippen molar-refractivity contribution < 1.29 is 8.98 Å². The summed E-state index contributed by atoms with van der Waals surface area (Å²) in [5.41, 5.74) is 8.56. The van der Waals surface area contributed by atoms with Gasteiger partial charge in [0.05, 0.1) is 5.56 Å². The first-order valence-corrected chi connectivity index (χ1v) is 12.3. The van der Waals surface area contributed by atoms with E-state index in [0.717, 1.165) is 23.3 Å². The minimum absolute atomic E-state index is 0.0320. The Balaban J connectivity index is 1.83. The third kappa shape index (κ3) is 3.79. The molecule has 0 amide bonds. The third-order valence-corrected chi connectivity index (χ3v) is 6.94. The predicted octanol–water partition coefficient (Wildman–Crippen LogP) is 8.43. The number of hydrogen-bond donors (Lipinski definition) is 0. The van der Waals surface area contributed by atoms with Crippen molar-refractivity contribution >= 4 is 32.7 Å². The van der Waals surface area contributed by atoms with Crippen LogP contribution in [0.5, 0.6) is 0 Å².